The van der Waals surface area contributed by atoms with Gasteiger partial charge in [0.1, 0.15) is 5.54 Å². The van der Waals surface area contributed by atoms with Crippen LogP contribution in [0, 0.1) is 11.8 Å². The SMILES string of the molecule is CNC1(C(=O)O)CCC(N(CCC(C)C)CCC(C)C)C1. The highest BCUT2D eigenvalue weighted by atomic mass is 16.4. The Bertz CT molecular complexity index is 319. The number of aliphatic carboxylic acids is 1. The van der Waals surface area contributed by atoms with Gasteiger partial charge in [-0.2, -0.15) is 0 Å². The highest BCUT2D eigenvalue weighted by Gasteiger charge is 2.45. The lowest BCUT2D eigenvalue weighted by molar-refractivity contribution is -0.144. The van der Waals surface area contributed by atoms with E-state index in [-0.39, 0.29) is 0 Å². The topological polar surface area (TPSA) is 52.6 Å². The molecule has 0 aromatic heterocycles. The van der Waals surface area contributed by atoms with Gasteiger partial charge in [-0.1, -0.05) is 27.7 Å². The number of likely N-dealkylation sites (N-methyl/N-ethyl adjacent to an activating group) is 1. The van der Waals surface area contributed by atoms with Gasteiger partial charge in [-0.25, -0.2) is 0 Å². The van der Waals surface area contributed by atoms with E-state index >= 15 is 0 Å². The minimum atomic E-state index is -0.710. The first-order chi connectivity index (χ1) is 9.80. The van der Waals surface area contributed by atoms with Crippen molar-refractivity contribution in [1.82, 2.24) is 10.2 Å². The van der Waals surface area contributed by atoms with Crippen molar-refractivity contribution in [2.24, 2.45) is 11.8 Å². The number of carboxylic acids is 1. The summed E-state index contributed by atoms with van der Waals surface area (Å²) in [5.41, 5.74) is -0.710. The van der Waals surface area contributed by atoms with Crippen molar-refractivity contribution < 1.29 is 9.90 Å². The molecule has 4 heteroatoms. The van der Waals surface area contributed by atoms with Crippen molar-refractivity contribution >= 4 is 5.97 Å². The molecular weight excluding hydrogens is 264 g/mol. The fourth-order valence-electron chi connectivity index (χ4n) is 3.18. The van der Waals surface area contributed by atoms with E-state index < -0.39 is 11.5 Å². The second kappa shape index (κ2) is 8.14. The van der Waals surface area contributed by atoms with Gasteiger partial charge >= 0.3 is 5.97 Å². The van der Waals surface area contributed by atoms with Crippen LogP contribution in [0.2, 0.25) is 0 Å². The van der Waals surface area contributed by atoms with Crippen molar-refractivity contribution in [3.8, 4) is 0 Å². The Morgan fingerprint density at radius 1 is 1.24 bits per heavy atom. The van der Waals surface area contributed by atoms with Crippen LogP contribution in [-0.2, 0) is 4.79 Å². The van der Waals surface area contributed by atoms with Crippen LogP contribution in [0.25, 0.3) is 0 Å². The van der Waals surface area contributed by atoms with Crippen LogP contribution in [0.5, 0.6) is 0 Å². The molecule has 2 atom stereocenters. The van der Waals surface area contributed by atoms with Gasteiger partial charge in [-0.05, 0) is 64.1 Å². The minimum absolute atomic E-state index is 0.408. The molecule has 1 saturated carbocycles. The Hall–Kier alpha value is -0.610. The molecule has 1 aliphatic rings. The lowest BCUT2D eigenvalue weighted by Gasteiger charge is -2.32. The predicted molar refractivity (Wildman–Crippen MR) is 87.5 cm³/mol. The molecule has 0 aliphatic heterocycles. The summed E-state index contributed by atoms with van der Waals surface area (Å²) in [6, 6.07) is 0.408. The third-order valence-electron chi connectivity index (χ3n) is 4.88. The van der Waals surface area contributed by atoms with E-state index in [1.165, 1.54) is 12.8 Å². The Kier molecular flexibility index (Phi) is 7.14. The largest absolute Gasteiger partial charge is 0.480 e. The zero-order valence-electron chi connectivity index (χ0n) is 14.5. The molecule has 21 heavy (non-hydrogen) atoms. The number of rotatable bonds is 9. The second-order valence-corrected chi connectivity index (χ2v) is 7.43. The Labute approximate surface area is 130 Å². The number of carboxylic acid groups (broad SMARTS) is 1. The predicted octanol–water partition coefficient (Wildman–Crippen LogP) is 2.98. The Morgan fingerprint density at radius 2 is 1.76 bits per heavy atom. The quantitative estimate of drug-likeness (QED) is 0.687. The molecule has 0 spiro atoms. The third-order valence-corrected chi connectivity index (χ3v) is 4.88. The van der Waals surface area contributed by atoms with Crippen molar-refractivity contribution in [3.05, 3.63) is 0 Å². The molecular formula is C17H34N2O2. The average molecular weight is 298 g/mol. The summed E-state index contributed by atoms with van der Waals surface area (Å²) in [7, 11) is 1.78. The van der Waals surface area contributed by atoms with Crippen LogP contribution in [0.1, 0.15) is 59.8 Å². The maximum Gasteiger partial charge on any atom is 0.323 e. The van der Waals surface area contributed by atoms with Crippen molar-refractivity contribution in [1.29, 1.82) is 0 Å². The van der Waals surface area contributed by atoms with Gasteiger partial charge in [0.05, 0.1) is 0 Å². The van der Waals surface area contributed by atoms with Crippen LogP contribution in [0.3, 0.4) is 0 Å². The van der Waals surface area contributed by atoms with E-state index in [0.717, 1.165) is 32.4 Å². The molecule has 124 valence electrons. The van der Waals surface area contributed by atoms with E-state index in [9.17, 15) is 9.90 Å². The van der Waals surface area contributed by atoms with Crippen molar-refractivity contribution in [3.63, 3.8) is 0 Å². The summed E-state index contributed by atoms with van der Waals surface area (Å²) in [6.07, 6.45) is 4.84. The van der Waals surface area contributed by atoms with E-state index in [1.54, 1.807) is 7.05 Å². The monoisotopic (exact) mass is 298 g/mol. The van der Waals surface area contributed by atoms with Crippen LogP contribution < -0.4 is 5.32 Å². The van der Waals surface area contributed by atoms with Gasteiger partial charge in [0, 0.05) is 6.04 Å². The zero-order chi connectivity index (χ0) is 16.0. The Balaban J connectivity index is 2.67. The van der Waals surface area contributed by atoms with Gasteiger partial charge in [0.2, 0.25) is 0 Å². The smallest absolute Gasteiger partial charge is 0.323 e. The maximum atomic E-state index is 11.6. The molecule has 0 heterocycles. The standard InChI is InChI=1S/C17H34N2O2/c1-13(2)7-10-19(11-8-14(3)4)15-6-9-17(12-15,18-5)16(20)21/h13-15,18H,6-12H2,1-5H3,(H,20,21). The molecule has 2 N–H and O–H groups in total. The number of hydrogen-bond donors (Lipinski definition) is 2. The first kappa shape index (κ1) is 18.4. The zero-order valence-corrected chi connectivity index (χ0v) is 14.5. The summed E-state index contributed by atoms with van der Waals surface area (Å²) >= 11 is 0. The summed E-state index contributed by atoms with van der Waals surface area (Å²) < 4.78 is 0. The first-order valence-electron chi connectivity index (χ1n) is 8.47. The number of hydrogen-bond acceptors (Lipinski definition) is 3. The van der Waals surface area contributed by atoms with Crippen LogP contribution in [0.4, 0.5) is 0 Å². The minimum Gasteiger partial charge on any atom is -0.480 e. The number of nitrogens with one attached hydrogen (secondary N) is 1. The molecule has 1 fully saturated rings. The van der Waals surface area contributed by atoms with Gasteiger partial charge < -0.3 is 15.3 Å². The normalized spacial score (nSPS) is 26.2. The molecule has 0 bridgehead atoms. The number of carbonyl (C=O) groups is 1. The lowest BCUT2D eigenvalue weighted by atomic mass is 9.97. The van der Waals surface area contributed by atoms with Crippen molar-refractivity contribution in [2.75, 3.05) is 20.1 Å². The van der Waals surface area contributed by atoms with E-state index in [1.807, 2.05) is 0 Å². The van der Waals surface area contributed by atoms with E-state index in [2.05, 4.69) is 37.9 Å². The van der Waals surface area contributed by atoms with Crippen LogP contribution in [0.15, 0.2) is 0 Å². The Morgan fingerprint density at radius 3 is 2.10 bits per heavy atom. The van der Waals surface area contributed by atoms with Gasteiger partial charge in [0.15, 0.2) is 0 Å². The third kappa shape index (κ3) is 5.26. The first-order valence-corrected chi connectivity index (χ1v) is 8.47. The van der Waals surface area contributed by atoms with Gasteiger partial charge in [0.25, 0.3) is 0 Å². The van der Waals surface area contributed by atoms with Gasteiger partial charge in [-0.15, -0.1) is 0 Å². The summed E-state index contributed by atoms with van der Waals surface area (Å²) in [5, 5.41) is 12.6. The molecule has 0 amide bonds. The molecule has 1 rings (SSSR count). The molecule has 0 saturated heterocycles. The maximum absolute atomic E-state index is 11.6. The van der Waals surface area contributed by atoms with E-state index in [4.69, 9.17) is 0 Å². The molecule has 0 aromatic rings. The number of nitrogens with zero attached hydrogens (tertiary/aromatic N) is 1. The fraction of sp³-hybridized carbons (Fsp3) is 0.941. The highest BCUT2D eigenvalue weighted by molar-refractivity contribution is 5.79. The average Bonchev–Trinajstić information content (AvgIpc) is 2.84. The van der Waals surface area contributed by atoms with Crippen molar-refractivity contribution in [2.45, 2.75) is 71.4 Å². The van der Waals surface area contributed by atoms with Crippen LogP contribution in [-0.4, -0.2) is 47.7 Å². The van der Waals surface area contributed by atoms with Crippen LogP contribution >= 0.6 is 0 Å². The molecule has 0 aromatic carbocycles. The lowest BCUT2D eigenvalue weighted by Crippen LogP contribution is -2.49. The summed E-state index contributed by atoms with van der Waals surface area (Å²) in [5.74, 6) is 0.697. The van der Waals surface area contributed by atoms with E-state index in [0.29, 0.717) is 17.9 Å². The highest BCUT2D eigenvalue weighted by Crippen LogP contribution is 2.33. The molecule has 1 aliphatic carbocycles. The summed E-state index contributed by atoms with van der Waals surface area (Å²) in [4.78, 5) is 14.1. The summed E-state index contributed by atoms with van der Waals surface area (Å²) in [6.45, 7) is 11.2. The molecule has 2 unspecified atom stereocenters. The van der Waals surface area contributed by atoms with Gasteiger partial charge in [-0.3, -0.25) is 4.79 Å². The second-order valence-electron chi connectivity index (χ2n) is 7.43. The fourth-order valence-corrected chi connectivity index (χ4v) is 3.18. The molecule has 4 nitrogen and oxygen atoms in total. The molecule has 0 radical (unpaired) electrons.